The first-order valence-corrected chi connectivity index (χ1v) is 11.0. The molecule has 2 aliphatic rings. The van der Waals surface area contributed by atoms with Crippen LogP contribution in [0, 0.1) is 18.2 Å². The van der Waals surface area contributed by atoms with E-state index >= 15 is 0 Å². The van der Waals surface area contributed by atoms with Crippen molar-refractivity contribution in [1.82, 2.24) is 0 Å². The number of allylic oxidation sites excluding steroid dienone is 2. The Hall–Kier alpha value is -2.51. The van der Waals surface area contributed by atoms with Gasteiger partial charge < -0.3 is 9.84 Å². The predicted molar refractivity (Wildman–Crippen MR) is 117 cm³/mol. The standard InChI is InChI=1S/C25H31FO6/c1-5-23(28)32-31-19-13-20(16-6-9-22(26)15(2)10-16)21(25(3,4)14-19)8-7-18-11-17(27)12-24(29)30-18/h6-10,17-19,27H,5,11-14H2,1-4H3/b8-7+/t17-,18-,19?/m1/s1. The Bertz CT molecular complexity index is 932. The van der Waals surface area contributed by atoms with Crippen molar-refractivity contribution in [3.05, 3.63) is 52.9 Å². The molecule has 0 bridgehead atoms. The fourth-order valence-corrected chi connectivity index (χ4v) is 4.31. The SMILES string of the molecule is CCC(=O)OOC1CC(c2ccc(F)c(C)c2)=C(/C=C/[C@@H]2C[C@@H](O)CC(=O)O2)C(C)(C)C1. The molecule has 1 unspecified atom stereocenters. The summed E-state index contributed by atoms with van der Waals surface area (Å²) in [5, 5.41) is 9.89. The highest BCUT2D eigenvalue weighted by atomic mass is 19.1. The van der Waals surface area contributed by atoms with Crippen LogP contribution in [0.5, 0.6) is 0 Å². The molecule has 6 nitrogen and oxygen atoms in total. The van der Waals surface area contributed by atoms with Crippen molar-refractivity contribution in [3.63, 3.8) is 0 Å². The summed E-state index contributed by atoms with van der Waals surface area (Å²) in [4.78, 5) is 33.7. The van der Waals surface area contributed by atoms with E-state index in [9.17, 15) is 19.1 Å². The number of halogens is 1. The van der Waals surface area contributed by atoms with E-state index < -0.39 is 24.1 Å². The second-order valence-corrected chi connectivity index (χ2v) is 9.16. The van der Waals surface area contributed by atoms with Gasteiger partial charge in [0.25, 0.3) is 0 Å². The highest BCUT2D eigenvalue weighted by Gasteiger charge is 2.36. The van der Waals surface area contributed by atoms with Crippen molar-refractivity contribution < 1.29 is 33.6 Å². The molecule has 1 aliphatic carbocycles. The molecule has 1 fully saturated rings. The first-order chi connectivity index (χ1) is 15.1. The Kier molecular flexibility index (Phi) is 7.51. The zero-order valence-corrected chi connectivity index (χ0v) is 19.0. The average molecular weight is 447 g/mol. The van der Waals surface area contributed by atoms with Crippen molar-refractivity contribution in [2.45, 2.75) is 78.1 Å². The maximum absolute atomic E-state index is 13.9. The van der Waals surface area contributed by atoms with Crippen LogP contribution in [0.1, 0.15) is 64.0 Å². The number of rotatable bonds is 6. The lowest BCUT2D eigenvalue weighted by atomic mass is 9.69. The van der Waals surface area contributed by atoms with Gasteiger partial charge in [-0.3, -0.25) is 9.68 Å². The van der Waals surface area contributed by atoms with Gasteiger partial charge in [-0.15, -0.1) is 0 Å². The number of aryl methyl sites for hydroxylation is 1. The summed E-state index contributed by atoms with van der Waals surface area (Å²) in [6.45, 7) is 7.52. The number of carbonyl (C=O) groups excluding carboxylic acids is 2. The molecule has 0 saturated carbocycles. The average Bonchev–Trinajstić information content (AvgIpc) is 2.71. The zero-order valence-electron chi connectivity index (χ0n) is 19.0. The molecule has 1 aliphatic heterocycles. The number of benzene rings is 1. The summed E-state index contributed by atoms with van der Waals surface area (Å²) in [5.74, 6) is -1.14. The topological polar surface area (TPSA) is 82.1 Å². The summed E-state index contributed by atoms with van der Waals surface area (Å²) in [7, 11) is 0. The number of cyclic esters (lactones) is 1. The van der Waals surface area contributed by atoms with Gasteiger partial charge in [0.05, 0.1) is 12.5 Å². The minimum atomic E-state index is -0.718. The fraction of sp³-hybridized carbons (Fsp3) is 0.520. The Morgan fingerprint density at radius 3 is 2.75 bits per heavy atom. The van der Waals surface area contributed by atoms with E-state index in [2.05, 4.69) is 13.8 Å². The zero-order chi connectivity index (χ0) is 23.5. The lowest BCUT2D eigenvalue weighted by Gasteiger charge is -2.38. The molecule has 0 aromatic heterocycles. The molecule has 1 saturated heterocycles. The monoisotopic (exact) mass is 446 g/mol. The van der Waals surface area contributed by atoms with Gasteiger partial charge in [0, 0.05) is 19.3 Å². The van der Waals surface area contributed by atoms with Gasteiger partial charge in [-0.1, -0.05) is 32.9 Å². The molecule has 7 heteroatoms. The Balaban J connectivity index is 1.97. The van der Waals surface area contributed by atoms with Crippen LogP contribution in [-0.2, 0) is 24.1 Å². The number of aliphatic hydroxyl groups is 1. The molecule has 1 aromatic rings. The molecule has 3 atom stereocenters. The van der Waals surface area contributed by atoms with E-state index in [1.54, 1.807) is 32.1 Å². The molecule has 1 aromatic carbocycles. The highest BCUT2D eigenvalue weighted by molar-refractivity contribution is 5.74. The highest BCUT2D eigenvalue weighted by Crippen LogP contribution is 2.46. The second kappa shape index (κ2) is 9.96. The summed E-state index contributed by atoms with van der Waals surface area (Å²) in [6.07, 6.45) is 3.79. The van der Waals surface area contributed by atoms with Crippen LogP contribution < -0.4 is 0 Å². The molecule has 3 rings (SSSR count). The normalized spacial score (nSPS) is 25.7. The molecule has 0 spiro atoms. The maximum atomic E-state index is 13.9. The molecule has 1 N–H and O–H groups in total. The van der Waals surface area contributed by atoms with Crippen LogP contribution in [0.4, 0.5) is 4.39 Å². The maximum Gasteiger partial charge on any atom is 0.342 e. The number of esters is 1. The van der Waals surface area contributed by atoms with E-state index in [-0.39, 0.29) is 30.2 Å². The minimum Gasteiger partial charge on any atom is -0.458 e. The summed E-state index contributed by atoms with van der Waals surface area (Å²) in [5.41, 5.74) is 2.96. The van der Waals surface area contributed by atoms with E-state index in [0.717, 1.165) is 16.7 Å². The molecule has 32 heavy (non-hydrogen) atoms. The van der Waals surface area contributed by atoms with Gasteiger partial charge in [0.1, 0.15) is 18.0 Å². The van der Waals surface area contributed by atoms with Gasteiger partial charge in [0.15, 0.2) is 0 Å². The third kappa shape index (κ3) is 5.84. The van der Waals surface area contributed by atoms with Crippen LogP contribution in [0.25, 0.3) is 5.57 Å². The Morgan fingerprint density at radius 2 is 2.09 bits per heavy atom. The van der Waals surface area contributed by atoms with Crippen molar-refractivity contribution in [3.8, 4) is 0 Å². The lowest BCUT2D eigenvalue weighted by Crippen LogP contribution is -2.32. The van der Waals surface area contributed by atoms with E-state index in [1.165, 1.54) is 6.07 Å². The van der Waals surface area contributed by atoms with Gasteiger partial charge in [0.2, 0.25) is 0 Å². The minimum absolute atomic E-state index is 0.00807. The smallest absolute Gasteiger partial charge is 0.342 e. The first-order valence-electron chi connectivity index (χ1n) is 11.0. The van der Waals surface area contributed by atoms with Gasteiger partial charge in [-0.2, -0.15) is 4.89 Å². The second-order valence-electron chi connectivity index (χ2n) is 9.16. The van der Waals surface area contributed by atoms with Crippen molar-refractivity contribution in [1.29, 1.82) is 0 Å². The van der Waals surface area contributed by atoms with Gasteiger partial charge >= 0.3 is 11.9 Å². The van der Waals surface area contributed by atoms with E-state index in [1.807, 2.05) is 6.08 Å². The van der Waals surface area contributed by atoms with Gasteiger partial charge in [-0.25, -0.2) is 9.18 Å². The number of carbonyl (C=O) groups is 2. The van der Waals surface area contributed by atoms with Crippen LogP contribution in [0.15, 0.2) is 35.9 Å². The number of hydrogen-bond donors (Lipinski definition) is 1. The van der Waals surface area contributed by atoms with Crippen LogP contribution in [-0.4, -0.2) is 35.4 Å². The van der Waals surface area contributed by atoms with E-state index in [4.69, 9.17) is 14.5 Å². The number of hydrogen-bond acceptors (Lipinski definition) is 6. The third-order valence-electron chi connectivity index (χ3n) is 5.96. The number of aliphatic hydroxyl groups excluding tert-OH is 1. The number of ether oxygens (including phenoxy) is 1. The molecule has 0 radical (unpaired) electrons. The van der Waals surface area contributed by atoms with Crippen molar-refractivity contribution >= 4 is 17.5 Å². The van der Waals surface area contributed by atoms with E-state index in [0.29, 0.717) is 24.8 Å². The largest absolute Gasteiger partial charge is 0.458 e. The lowest BCUT2D eigenvalue weighted by molar-refractivity contribution is -0.301. The van der Waals surface area contributed by atoms with Crippen LogP contribution >= 0.6 is 0 Å². The van der Waals surface area contributed by atoms with Gasteiger partial charge in [-0.05, 0) is 59.2 Å². The summed E-state index contributed by atoms with van der Waals surface area (Å²) in [6, 6.07) is 4.96. The quantitative estimate of drug-likeness (QED) is 0.391. The van der Waals surface area contributed by atoms with Crippen LogP contribution in [0.3, 0.4) is 0 Å². The Morgan fingerprint density at radius 1 is 1.34 bits per heavy atom. The van der Waals surface area contributed by atoms with Crippen LogP contribution in [0.2, 0.25) is 0 Å². The molecule has 174 valence electrons. The summed E-state index contributed by atoms with van der Waals surface area (Å²) >= 11 is 0. The van der Waals surface area contributed by atoms with Crippen molar-refractivity contribution in [2.75, 3.05) is 0 Å². The molecular weight excluding hydrogens is 415 g/mol. The fourth-order valence-electron chi connectivity index (χ4n) is 4.31. The molecule has 1 heterocycles. The predicted octanol–water partition coefficient (Wildman–Crippen LogP) is 4.58. The summed E-state index contributed by atoms with van der Waals surface area (Å²) < 4.78 is 19.3. The first kappa shape index (κ1) is 24.1. The Labute approximate surface area is 188 Å². The third-order valence-corrected chi connectivity index (χ3v) is 5.96. The van der Waals surface area contributed by atoms with Crippen molar-refractivity contribution in [2.24, 2.45) is 5.41 Å². The molecule has 0 amide bonds. The molecular formula is C25H31FO6.